The van der Waals surface area contributed by atoms with Crippen molar-refractivity contribution in [2.75, 3.05) is 0 Å². The number of carbonyl (C=O) groups is 1. The van der Waals surface area contributed by atoms with Crippen molar-refractivity contribution in [3.63, 3.8) is 0 Å². The van der Waals surface area contributed by atoms with Crippen LogP contribution in [0.2, 0.25) is 0 Å². The molecule has 1 atom stereocenters. The Labute approximate surface area is 117 Å². The quantitative estimate of drug-likeness (QED) is 0.620. The number of nitrogens with zero attached hydrogens (tertiary/aromatic N) is 1. The molecule has 2 rings (SSSR count). The number of carbonyl (C=O) groups excluding carboxylic acids is 1. The van der Waals surface area contributed by atoms with Gasteiger partial charge in [-0.25, -0.2) is 4.31 Å². The maximum Gasteiger partial charge on any atom is 0.416 e. The topological polar surface area (TPSA) is 54.5 Å². The van der Waals surface area contributed by atoms with Crippen LogP contribution in [0, 0.1) is 0 Å². The molecule has 110 valence electrons. The summed E-state index contributed by atoms with van der Waals surface area (Å²) < 4.78 is 60.5. The lowest BCUT2D eigenvalue weighted by atomic mass is 9.82. The third-order valence-electron chi connectivity index (χ3n) is 3.22. The molecule has 9 heteroatoms. The van der Waals surface area contributed by atoms with Gasteiger partial charge in [-0.2, -0.15) is 21.6 Å². The molecule has 1 aromatic carbocycles. The Morgan fingerprint density at radius 2 is 1.75 bits per heavy atom. The van der Waals surface area contributed by atoms with Gasteiger partial charge in [-0.15, -0.1) is 0 Å². The summed E-state index contributed by atoms with van der Waals surface area (Å²) in [4.78, 5) is 11.4. The van der Waals surface area contributed by atoms with Crippen LogP contribution in [-0.4, -0.2) is 18.6 Å². The van der Waals surface area contributed by atoms with Gasteiger partial charge in [-0.05, 0) is 24.6 Å². The van der Waals surface area contributed by atoms with Gasteiger partial charge in [-0.1, -0.05) is 12.1 Å². The number of amides is 1. The summed E-state index contributed by atoms with van der Waals surface area (Å²) in [6.07, 6.45) is -4.61. The highest BCUT2D eigenvalue weighted by molar-refractivity contribution is 8.12. The van der Waals surface area contributed by atoms with E-state index in [0.717, 1.165) is 24.3 Å². The Morgan fingerprint density at radius 3 is 2.10 bits per heavy atom. The number of halogens is 4. The average molecular weight is 328 g/mol. The second kappa shape index (κ2) is 4.36. The summed E-state index contributed by atoms with van der Waals surface area (Å²) in [6.45, 7) is 1.43. The van der Waals surface area contributed by atoms with Crippen LogP contribution < -0.4 is 0 Å². The van der Waals surface area contributed by atoms with E-state index in [-0.39, 0.29) is 12.0 Å². The number of benzene rings is 1. The smallest absolute Gasteiger partial charge is 0.274 e. The Kier molecular flexibility index (Phi) is 3.29. The first kappa shape index (κ1) is 15.1. The molecule has 20 heavy (non-hydrogen) atoms. The van der Waals surface area contributed by atoms with Gasteiger partial charge < -0.3 is 0 Å². The summed E-state index contributed by atoms with van der Waals surface area (Å²) in [5, 5.41) is 0. The number of hydrogen-bond donors (Lipinski definition) is 0. The molecule has 0 saturated carbocycles. The maximum absolute atomic E-state index is 12.5. The molecule has 0 aromatic heterocycles. The minimum atomic E-state index is -4.48. The lowest BCUT2D eigenvalue weighted by Crippen LogP contribution is -2.60. The maximum atomic E-state index is 12.5. The Bertz CT molecular complexity index is 656. The summed E-state index contributed by atoms with van der Waals surface area (Å²) in [5.41, 5.74) is -1.83. The van der Waals surface area contributed by atoms with Gasteiger partial charge in [0.05, 0.1) is 17.5 Å². The molecule has 1 amide bonds. The first-order valence-corrected chi connectivity index (χ1v) is 7.68. The van der Waals surface area contributed by atoms with E-state index in [0.29, 0.717) is 4.31 Å². The fraction of sp³-hybridized carbons (Fsp3) is 0.364. The minimum Gasteiger partial charge on any atom is -0.274 e. The first-order chi connectivity index (χ1) is 8.96. The predicted molar refractivity (Wildman–Crippen MR) is 65.0 cm³/mol. The van der Waals surface area contributed by atoms with E-state index < -0.39 is 32.4 Å². The lowest BCUT2D eigenvalue weighted by molar-refractivity contribution is -0.145. The Balaban J connectivity index is 2.39. The van der Waals surface area contributed by atoms with Crippen LogP contribution in [0.25, 0.3) is 0 Å². The molecule has 1 fully saturated rings. The van der Waals surface area contributed by atoms with Crippen molar-refractivity contribution < 1.29 is 26.4 Å². The van der Waals surface area contributed by atoms with E-state index in [9.17, 15) is 26.4 Å². The second-order valence-electron chi connectivity index (χ2n) is 4.63. The Morgan fingerprint density at radius 1 is 1.25 bits per heavy atom. The molecule has 1 aromatic rings. The molecule has 0 bridgehead atoms. The van der Waals surface area contributed by atoms with Gasteiger partial charge in [0.15, 0.2) is 0 Å². The van der Waals surface area contributed by atoms with Crippen LogP contribution in [0.4, 0.5) is 13.2 Å². The molecule has 0 spiro atoms. The van der Waals surface area contributed by atoms with Crippen molar-refractivity contribution in [2.24, 2.45) is 0 Å². The van der Waals surface area contributed by atoms with Gasteiger partial charge >= 0.3 is 15.4 Å². The SMILES string of the molecule is CC1(c2ccc(C(F)(F)F)cc2)CC(=O)N1S(=O)(=O)Cl. The minimum absolute atomic E-state index is 0.135. The lowest BCUT2D eigenvalue weighted by Gasteiger charge is -2.47. The van der Waals surface area contributed by atoms with Gasteiger partial charge in [0, 0.05) is 10.7 Å². The molecule has 4 nitrogen and oxygen atoms in total. The number of hydrogen-bond acceptors (Lipinski definition) is 3. The van der Waals surface area contributed by atoms with Crippen LogP contribution >= 0.6 is 10.7 Å². The number of β-lactam (4-membered cyclic amide) rings is 1. The van der Waals surface area contributed by atoms with Crippen LogP contribution in [0.15, 0.2) is 24.3 Å². The summed E-state index contributed by atoms with van der Waals surface area (Å²) in [7, 11) is 0.890. The van der Waals surface area contributed by atoms with Crippen molar-refractivity contribution in [3.8, 4) is 0 Å². The zero-order chi connectivity index (χ0) is 15.3. The monoisotopic (exact) mass is 327 g/mol. The largest absolute Gasteiger partial charge is 0.416 e. The van der Waals surface area contributed by atoms with Crippen LogP contribution in [0.5, 0.6) is 0 Å². The first-order valence-electron chi connectivity index (χ1n) is 5.42. The summed E-state index contributed by atoms with van der Waals surface area (Å²) in [5.74, 6) is -0.692. The van der Waals surface area contributed by atoms with E-state index in [1.807, 2.05) is 0 Å². The van der Waals surface area contributed by atoms with E-state index in [4.69, 9.17) is 10.7 Å². The van der Waals surface area contributed by atoms with Gasteiger partial charge in [0.2, 0.25) is 5.91 Å². The molecule has 0 N–H and O–H groups in total. The van der Waals surface area contributed by atoms with Crippen molar-refractivity contribution >= 4 is 25.8 Å². The number of rotatable bonds is 2. The van der Waals surface area contributed by atoms with Crippen molar-refractivity contribution in [1.29, 1.82) is 0 Å². The predicted octanol–water partition coefficient (Wildman–Crippen LogP) is 2.64. The van der Waals surface area contributed by atoms with Crippen molar-refractivity contribution in [3.05, 3.63) is 35.4 Å². The zero-order valence-electron chi connectivity index (χ0n) is 10.1. The fourth-order valence-electron chi connectivity index (χ4n) is 2.22. The molecular formula is C11H9ClF3NO3S. The molecule has 1 unspecified atom stereocenters. The van der Waals surface area contributed by atoms with Gasteiger partial charge in [0.1, 0.15) is 0 Å². The molecule has 1 aliphatic heterocycles. The van der Waals surface area contributed by atoms with Crippen LogP contribution in [0.1, 0.15) is 24.5 Å². The van der Waals surface area contributed by atoms with E-state index in [1.165, 1.54) is 6.92 Å². The molecule has 1 saturated heterocycles. The second-order valence-corrected chi connectivity index (χ2v) is 6.99. The standard InChI is InChI=1S/C11H9ClF3NO3S/c1-10(6-9(17)16(10)20(12,18)19)7-2-4-8(5-3-7)11(13,14)15/h2-5H,6H2,1H3. The fourth-order valence-corrected chi connectivity index (χ4v) is 3.87. The zero-order valence-corrected chi connectivity index (χ0v) is 11.7. The molecular weight excluding hydrogens is 319 g/mol. The third-order valence-corrected chi connectivity index (χ3v) is 4.68. The highest BCUT2D eigenvalue weighted by Gasteiger charge is 2.54. The van der Waals surface area contributed by atoms with Crippen LogP contribution in [0.3, 0.4) is 0 Å². The van der Waals surface area contributed by atoms with E-state index in [1.54, 1.807) is 0 Å². The highest BCUT2D eigenvalue weighted by Crippen LogP contribution is 2.44. The van der Waals surface area contributed by atoms with Gasteiger partial charge in [0.25, 0.3) is 0 Å². The van der Waals surface area contributed by atoms with Gasteiger partial charge in [-0.3, -0.25) is 4.79 Å². The summed E-state index contributed by atoms with van der Waals surface area (Å²) in [6, 6.07) is 3.96. The molecule has 1 aliphatic rings. The average Bonchev–Trinajstić information content (AvgIpc) is 2.24. The molecule has 0 aliphatic carbocycles. The number of alkyl halides is 3. The normalized spacial score (nSPS) is 23.6. The van der Waals surface area contributed by atoms with Crippen molar-refractivity contribution in [1.82, 2.24) is 4.31 Å². The van der Waals surface area contributed by atoms with Crippen molar-refractivity contribution in [2.45, 2.75) is 25.1 Å². The molecule has 1 heterocycles. The van der Waals surface area contributed by atoms with E-state index >= 15 is 0 Å². The highest BCUT2D eigenvalue weighted by atomic mass is 35.7. The summed E-state index contributed by atoms with van der Waals surface area (Å²) >= 11 is 0. The third kappa shape index (κ3) is 2.37. The van der Waals surface area contributed by atoms with Crippen LogP contribution in [-0.2, 0) is 25.7 Å². The van der Waals surface area contributed by atoms with E-state index in [2.05, 4.69) is 0 Å². The molecule has 0 radical (unpaired) electrons. The Hall–Kier alpha value is -1.28.